The lowest BCUT2D eigenvalue weighted by atomic mass is 9.83. The number of amides is 5. The highest BCUT2D eigenvalue weighted by molar-refractivity contribution is 7.91. The number of sulfone groups is 1. The lowest BCUT2D eigenvalue weighted by Gasteiger charge is -2.40. The molecule has 282 valence electrons. The van der Waals surface area contributed by atoms with Gasteiger partial charge in [-0.15, -0.1) is 6.58 Å². The maximum Gasteiger partial charge on any atom is 0.315 e. The van der Waals surface area contributed by atoms with Crippen LogP contribution >= 0.6 is 0 Å². The van der Waals surface area contributed by atoms with Gasteiger partial charge in [-0.2, -0.15) is 0 Å². The summed E-state index contributed by atoms with van der Waals surface area (Å²) >= 11 is 0. The van der Waals surface area contributed by atoms with Crippen LogP contribution in [0.3, 0.4) is 0 Å². The van der Waals surface area contributed by atoms with Gasteiger partial charge in [-0.1, -0.05) is 86.6 Å². The zero-order valence-electron chi connectivity index (χ0n) is 31.2. The van der Waals surface area contributed by atoms with E-state index in [9.17, 15) is 32.4 Å². The third-order valence-electron chi connectivity index (χ3n) is 11.4. The molecule has 0 aromatic carbocycles. The van der Waals surface area contributed by atoms with E-state index in [-0.39, 0.29) is 47.1 Å². The predicted octanol–water partition coefficient (Wildman–Crippen LogP) is 3.50. The highest BCUT2D eigenvalue weighted by Gasteiger charge is 2.70. The van der Waals surface area contributed by atoms with E-state index in [1.165, 1.54) is 11.0 Å². The molecule has 1 unspecified atom stereocenters. The van der Waals surface area contributed by atoms with Gasteiger partial charge in [0.2, 0.25) is 17.6 Å². The van der Waals surface area contributed by atoms with Gasteiger partial charge in [-0.3, -0.25) is 19.2 Å². The molecule has 3 aliphatic carbocycles. The largest absolute Gasteiger partial charge is 0.346 e. The number of hydrogen-bond acceptors (Lipinski definition) is 7. The maximum absolute atomic E-state index is 14.5. The van der Waals surface area contributed by atoms with Crippen molar-refractivity contribution in [3.63, 3.8) is 0 Å². The van der Waals surface area contributed by atoms with Crippen LogP contribution in [0.1, 0.15) is 106 Å². The molecule has 12 nitrogen and oxygen atoms in total. The van der Waals surface area contributed by atoms with Crippen LogP contribution in [-0.4, -0.2) is 91.1 Å². The fraction of sp³-hybridized carbons (Fsp3) is 0.811. The van der Waals surface area contributed by atoms with Gasteiger partial charge in [-0.25, -0.2) is 13.2 Å². The van der Waals surface area contributed by atoms with Gasteiger partial charge >= 0.3 is 6.03 Å². The second-order valence-corrected chi connectivity index (χ2v) is 19.7. The number of ketones is 1. The van der Waals surface area contributed by atoms with E-state index in [4.69, 9.17) is 0 Å². The average Bonchev–Trinajstić information content (AvgIpc) is 3.87. The molecule has 5 amide bonds. The molecule has 50 heavy (non-hydrogen) atoms. The molecule has 4 fully saturated rings. The van der Waals surface area contributed by atoms with Crippen LogP contribution in [0.5, 0.6) is 0 Å². The maximum atomic E-state index is 14.5. The van der Waals surface area contributed by atoms with Crippen molar-refractivity contribution in [1.82, 2.24) is 26.2 Å². The summed E-state index contributed by atoms with van der Waals surface area (Å²) < 4.78 is 26.4. The van der Waals surface area contributed by atoms with Crippen LogP contribution in [0.4, 0.5) is 4.79 Å². The van der Waals surface area contributed by atoms with Crippen molar-refractivity contribution >= 4 is 39.4 Å². The van der Waals surface area contributed by atoms with Gasteiger partial charge in [0.15, 0.2) is 9.84 Å². The summed E-state index contributed by atoms with van der Waals surface area (Å²) in [6.07, 6.45) is 7.85. The minimum atomic E-state index is -3.44. The highest BCUT2D eigenvalue weighted by Crippen LogP contribution is 2.65. The number of fused-ring (bicyclic) bond motifs is 1. The first kappa shape index (κ1) is 39.8. The van der Waals surface area contributed by atoms with Crippen molar-refractivity contribution in [2.24, 2.45) is 34.5 Å². The Kier molecular flexibility index (Phi) is 12.2. The first-order valence-electron chi connectivity index (χ1n) is 18.5. The van der Waals surface area contributed by atoms with Gasteiger partial charge in [0.25, 0.3) is 5.91 Å². The molecule has 13 heteroatoms. The lowest BCUT2D eigenvalue weighted by molar-refractivity contribution is -0.145. The van der Waals surface area contributed by atoms with Crippen molar-refractivity contribution in [3.8, 4) is 0 Å². The summed E-state index contributed by atoms with van der Waals surface area (Å²) in [4.78, 5) is 69.6. The number of likely N-dealkylation sites (tertiary alicyclic amines) is 1. The van der Waals surface area contributed by atoms with Crippen LogP contribution in [-0.2, 0) is 29.0 Å². The Bertz CT molecular complexity index is 1430. The van der Waals surface area contributed by atoms with Gasteiger partial charge < -0.3 is 26.2 Å². The summed E-state index contributed by atoms with van der Waals surface area (Å²) in [7, 11) is -3.44. The van der Waals surface area contributed by atoms with Crippen LogP contribution in [0.2, 0.25) is 0 Å². The molecule has 0 radical (unpaired) electrons. The Balaban J connectivity index is 1.53. The van der Waals surface area contributed by atoms with E-state index in [1.807, 2.05) is 34.6 Å². The van der Waals surface area contributed by atoms with Crippen LogP contribution in [0, 0.1) is 34.5 Å². The van der Waals surface area contributed by atoms with E-state index < -0.39 is 68.5 Å². The first-order chi connectivity index (χ1) is 23.2. The van der Waals surface area contributed by atoms with E-state index in [0.29, 0.717) is 32.2 Å². The average molecular weight is 720 g/mol. The molecule has 4 N–H and O–H groups in total. The molecule has 0 spiro atoms. The van der Waals surface area contributed by atoms with E-state index in [2.05, 4.69) is 41.7 Å². The highest BCUT2D eigenvalue weighted by atomic mass is 32.2. The van der Waals surface area contributed by atoms with Gasteiger partial charge in [-0.05, 0) is 60.2 Å². The van der Waals surface area contributed by atoms with Crippen molar-refractivity contribution in [3.05, 3.63) is 12.7 Å². The van der Waals surface area contributed by atoms with E-state index in [1.54, 1.807) is 0 Å². The third-order valence-corrected chi connectivity index (χ3v) is 13.2. The van der Waals surface area contributed by atoms with Crippen molar-refractivity contribution < 1.29 is 32.4 Å². The second kappa shape index (κ2) is 15.3. The predicted molar refractivity (Wildman–Crippen MR) is 193 cm³/mol. The third kappa shape index (κ3) is 9.67. The van der Waals surface area contributed by atoms with Crippen LogP contribution < -0.4 is 21.3 Å². The lowest BCUT2D eigenvalue weighted by Crippen LogP contribution is -2.64. The summed E-state index contributed by atoms with van der Waals surface area (Å²) in [5.41, 5.74) is -1.88. The summed E-state index contributed by atoms with van der Waals surface area (Å²) in [6.45, 7) is 17.6. The number of Topliss-reactive ketones (excluding diaryl/α,β-unsaturated/α-hetero) is 1. The fourth-order valence-electron chi connectivity index (χ4n) is 8.06. The Morgan fingerprint density at radius 3 is 2.20 bits per heavy atom. The molecule has 4 rings (SSSR count). The number of piperidine rings is 1. The SMILES string of the molecule is C=CCNC(=O)C(=O)C(CC1CC1)NC(=O)[C@@H]1[C@@H]2[C@H](CN1C(=O)[C@@H](NC(=O)NC1(CS(=O)(=O)CCC(C)C)CCCCC1)C(C)(C)C)C2(C)C. The minimum Gasteiger partial charge on any atom is -0.346 e. The minimum absolute atomic E-state index is 0.0581. The van der Waals surface area contributed by atoms with Crippen LogP contribution in [0.25, 0.3) is 0 Å². The molecule has 1 saturated heterocycles. The molecule has 0 aromatic rings. The van der Waals surface area contributed by atoms with Crippen molar-refractivity contribution in [2.75, 3.05) is 24.6 Å². The fourth-order valence-corrected chi connectivity index (χ4v) is 10.2. The van der Waals surface area contributed by atoms with Crippen molar-refractivity contribution in [1.29, 1.82) is 0 Å². The molecule has 3 saturated carbocycles. The summed E-state index contributed by atoms with van der Waals surface area (Å²) in [6, 6.07) is -3.52. The molecular formula is C37H61N5O7S. The quantitative estimate of drug-likeness (QED) is 0.140. The van der Waals surface area contributed by atoms with E-state index in [0.717, 1.165) is 32.1 Å². The molecule has 0 aromatic heterocycles. The Hall–Kier alpha value is -2.96. The Labute approximate surface area is 299 Å². The Morgan fingerprint density at radius 2 is 1.64 bits per heavy atom. The number of rotatable bonds is 16. The monoisotopic (exact) mass is 719 g/mol. The Morgan fingerprint density at radius 1 is 1.00 bits per heavy atom. The number of urea groups is 1. The molecule has 1 aliphatic heterocycles. The van der Waals surface area contributed by atoms with Gasteiger partial charge in [0, 0.05) is 13.1 Å². The van der Waals surface area contributed by atoms with Crippen LogP contribution in [0.15, 0.2) is 12.7 Å². The summed E-state index contributed by atoms with van der Waals surface area (Å²) in [5, 5.41) is 11.3. The van der Waals surface area contributed by atoms with E-state index >= 15 is 0 Å². The van der Waals surface area contributed by atoms with Crippen molar-refractivity contribution in [2.45, 2.75) is 130 Å². The zero-order valence-corrected chi connectivity index (χ0v) is 32.0. The molecule has 0 bridgehead atoms. The van der Waals surface area contributed by atoms with Gasteiger partial charge in [0.05, 0.1) is 23.1 Å². The number of nitrogens with zero attached hydrogens (tertiary/aromatic N) is 1. The normalized spacial score (nSPS) is 25.1. The summed E-state index contributed by atoms with van der Waals surface area (Å²) in [5.74, 6) is -2.08. The zero-order chi connectivity index (χ0) is 37.2. The standard InChI is InChI=1S/C37H61N5O7S/c1-9-18-38-32(45)29(43)26(20-24-13-14-24)39-31(44)28-27-25(36(27,7)8)21-42(28)33(46)30(35(4,5)6)40-34(47)41-37(16-11-10-12-17-37)22-50(48,49)19-15-23(2)3/h9,23-28,30H,1,10-22H2,2-8H3,(H,38,45)(H,39,44)(H2,40,41,47)/t25-,26?,27-,28-,30+/m0/s1. The number of carbonyl (C=O) groups excluding carboxylic acids is 5. The number of nitrogens with one attached hydrogen (secondary N) is 4. The molecular weight excluding hydrogens is 659 g/mol. The molecule has 4 aliphatic rings. The molecule has 1 heterocycles. The topological polar surface area (TPSA) is 171 Å². The number of hydrogen-bond donors (Lipinski definition) is 4. The van der Waals surface area contributed by atoms with Gasteiger partial charge in [0.1, 0.15) is 12.1 Å². The molecule has 5 atom stereocenters. The number of carbonyl (C=O) groups is 5. The first-order valence-corrected chi connectivity index (χ1v) is 20.4. The smallest absolute Gasteiger partial charge is 0.315 e. The second-order valence-electron chi connectivity index (χ2n) is 17.5.